The van der Waals surface area contributed by atoms with Gasteiger partial charge in [-0.15, -0.1) is 0 Å². The van der Waals surface area contributed by atoms with Gasteiger partial charge in [-0.3, -0.25) is 9.59 Å². The molecule has 2 rings (SSSR count). The summed E-state index contributed by atoms with van der Waals surface area (Å²) >= 11 is 0. The third kappa shape index (κ3) is 3.16. The predicted octanol–water partition coefficient (Wildman–Crippen LogP) is 0.920. The van der Waals surface area contributed by atoms with Gasteiger partial charge < -0.3 is 24.2 Å². The number of furan rings is 2. The quantitative estimate of drug-likeness (QED) is 0.513. The molecule has 1 atom stereocenters. The maximum Gasteiger partial charge on any atom is 0.211 e. The summed E-state index contributed by atoms with van der Waals surface area (Å²) in [6.45, 7) is 0.559. The van der Waals surface area contributed by atoms with Crippen LogP contribution in [0.25, 0.3) is 0 Å². The summed E-state index contributed by atoms with van der Waals surface area (Å²) in [6.07, 6.45) is -1.26. The minimum Gasteiger partial charge on any atom is -0.455 e. The summed E-state index contributed by atoms with van der Waals surface area (Å²) in [7, 11) is 0. The third-order valence-corrected chi connectivity index (χ3v) is 3.17. The number of aliphatic hydroxyl groups is 3. The Hall–Kier alpha value is -2.22. The van der Waals surface area contributed by atoms with Crippen molar-refractivity contribution in [3.63, 3.8) is 0 Å². The van der Waals surface area contributed by atoms with Crippen molar-refractivity contribution in [2.45, 2.75) is 26.2 Å². The van der Waals surface area contributed by atoms with Gasteiger partial charge in [-0.1, -0.05) is 0 Å². The monoisotopic (exact) mass is 308 g/mol. The van der Waals surface area contributed by atoms with E-state index < -0.39 is 23.6 Å². The van der Waals surface area contributed by atoms with E-state index >= 15 is 0 Å². The van der Waals surface area contributed by atoms with Crippen LogP contribution < -0.4 is 0 Å². The molecular weight excluding hydrogens is 292 g/mol. The zero-order valence-corrected chi connectivity index (χ0v) is 11.9. The molecule has 7 nitrogen and oxygen atoms in total. The van der Waals surface area contributed by atoms with E-state index in [2.05, 4.69) is 0 Å². The van der Waals surface area contributed by atoms with Gasteiger partial charge in [0.1, 0.15) is 30.7 Å². The summed E-state index contributed by atoms with van der Waals surface area (Å²) in [5.41, 5.74) is 0. The van der Waals surface area contributed by atoms with E-state index in [1.807, 2.05) is 0 Å². The van der Waals surface area contributed by atoms with E-state index in [0.29, 0.717) is 0 Å². The van der Waals surface area contributed by atoms with Crippen LogP contribution in [0.5, 0.6) is 0 Å². The Labute approximate surface area is 125 Å². The average molecular weight is 308 g/mol. The Morgan fingerprint density at radius 1 is 0.955 bits per heavy atom. The highest BCUT2D eigenvalue weighted by Crippen LogP contribution is 2.21. The fourth-order valence-corrected chi connectivity index (χ4v) is 2.05. The van der Waals surface area contributed by atoms with E-state index in [1.165, 1.54) is 31.2 Å². The molecule has 0 aliphatic heterocycles. The van der Waals surface area contributed by atoms with Crippen LogP contribution in [0, 0.1) is 5.92 Å². The Balaban J connectivity index is 2.29. The van der Waals surface area contributed by atoms with E-state index in [-0.39, 0.29) is 36.3 Å². The maximum atomic E-state index is 12.4. The lowest BCUT2D eigenvalue weighted by Crippen LogP contribution is -2.33. The van der Waals surface area contributed by atoms with Gasteiger partial charge in [-0.2, -0.15) is 0 Å². The summed E-state index contributed by atoms with van der Waals surface area (Å²) in [5, 5.41) is 27.7. The van der Waals surface area contributed by atoms with Gasteiger partial charge in [-0.25, -0.2) is 0 Å². The average Bonchev–Trinajstić information content (AvgIpc) is 3.15. The number of hydrogen-bond acceptors (Lipinski definition) is 7. The highest BCUT2D eigenvalue weighted by atomic mass is 16.4. The first-order valence-electron chi connectivity index (χ1n) is 6.63. The van der Waals surface area contributed by atoms with Crippen LogP contribution in [0.15, 0.2) is 33.1 Å². The molecule has 3 N–H and O–H groups in total. The molecule has 2 aromatic heterocycles. The van der Waals surface area contributed by atoms with Crippen molar-refractivity contribution in [1.29, 1.82) is 0 Å². The summed E-state index contributed by atoms with van der Waals surface area (Å²) < 4.78 is 10.2. The molecule has 0 fully saturated rings. The van der Waals surface area contributed by atoms with Crippen molar-refractivity contribution in [2.24, 2.45) is 5.92 Å². The standard InChI is InChI=1S/C15H16O7/c1-8(18)13(14(19)11-4-2-9(6-16)21-11)15(20)12-5-3-10(7-17)22-12/h2-5,8,13,16-18H,6-7H2,1H3. The number of carbonyl (C=O) groups is 2. The molecule has 7 heteroatoms. The van der Waals surface area contributed by atoms with Crippen molar-refractivity contribution >= 4 is 11.6 Å². The number of aliphatic hydroxyl groups excluding tert-OH is 3. The molecule has 0 bridgehead atoms. The van der Waals surface area contributed by atoms with Gasteiger partial charge in [0.25, 0.3) is 0 Å². The SMILES string of the molecule is CC(O)C(C(=O)c1ccc(CO)o1)C(=O)c1ccc(CO)o1. The largest absolute Gasteiger partial charge is 0.455 e. The van der Waals surface area contributed by atoms with Gasteiger partial charge in [0.05, 0.1) is 6.10 Å². The van der Waals surface area contributed by atoms with Crippen molar-refractivity contribution in [2.75, 3.05) is 0 Å². The van der Waals surface area contributed by atoms with Gasteiger partial charge in [0.2, 0.25) is 11.6 Å². The van der Waals surface area contributed by atoms with Crippen molar-refractivity contribution in [1.82, 2.24) is 0 Å². The molecule has 0 spiro atoms. The van der Waals surface area contributed by atoms with Crippen LogP contribution >= 0.6 is 0 Å². The first-order valence-corrected chi connectivity index (χ1v) is 6.63. The number of rotatable bonds is 7. The molecule has 2 heterocycles. The first-order chi connectivity index (χ1) is 10.5. The van der Waals surface area contributed by atoms with Crippen molar-refractivity contribution in [3.8, 4) is 0 Å². The lowest BCUT2D eigenvalue weighted by molar-refractivity contribution is 0.0582. The number of carbonyl (C=O) groups excluding carboxylic acids is 2. The molecule has 0 saturated heterocycles. The molecule has 0 amide bonds. The number of ketones is 2. The molecule has 1 unspecified atom stereocenters. The van der Waals surface area contributed by atoms with Crippen LogP contribution in [0.2, 0.25) is 0 Å². The van der Waals surface area contributed by atoms with E-state index in [9.17, 15) is 14.7 Å². The Morgan fingerprint density at radius 2 is 1.36 bits per heavy atom. The van der Waals surface area contributed by atoms with Crippen molar-refractivity contribution < 1.29 is 33.7 Å². The molecule has 0 radical (unpaired) electrons. The normalized spacial score (nSPS) is 12.6. The van der Waals surface area contributed by atoms with E-state index in [0.717, 1.165) is 0 Å². The first kappa shape index (κ1) is 16.2. The van der Waals surface area contributed by atoms with Gasteiger partial charge in [0, 0.05) is 0 Å². The highest BCUT2D eigenvalue weighted by molar-refractivity contribution is 6.14. The number of Topliss-reactive ketones (excluding diaryl/α,β-unsaturated/α-hetero) is 2. The van der Waals surface area contributed by atoms with E-state index in [1.54, 1.807) is 0 Å². The lowest BCUT2D eigenvalue weighted by atomic mass is 9.91. The smallest absolute Gasteiger partial charge is 0.211 e. The molecule has 22 heavy (non-hydrogen) atoms. The van der Waals surface area contributed by atoms with Crippen LogP contribution in [-0.2, 0) is 13.2 Å². The van der Waals surface area contributed by atoms with Crippen LogP contribution in [-0.4, -0.2) is 33.0 Å². The second-order valence-corrected chi connectivity index (χ2v) is 4.79. The fourth-order valence-electron chi connectivity index (χ4n) is 2.05. The second kappa shape index (κ2) is 6.69. The van der Waals surface area contributed by atoms with E-state index in [4.69, 9.17) is 19.0 Å². The predicted molar refractivity (Wildman–Crippen MR) is 73.1 cm³/mol. The Kier molecular flexibility index (Phi) is 4.92. The number of hydrogen-bond donors (Lipinski definition) is 3. The molecule has 0 aliphatic rings. The lowest BCUT2D eigenvalue weighted by Gasteiger charge is -2.15. The summed E-state index contributed by atoms with van der Waals surface area (Å²) in [5.74, 6) is -2.70. The summed E-state index contributed by atoms with van der Waals surface area (Å²) in [4.78, 5) is 24.7. The topological polar surface area (TPSA) is 121 Å². The summed E-state index contributed by atoms with van der Waals surface area (Å²) in [6, 6.07) is 5.48. The molecule has 2 aromatic rings. The molecule has 118 valence electrons. The molecule has 0 aliphatic carbocycles. The molecule has 0 aromatic carbocycles. The zero-order chi connectivity index (χ0) is 16.3. The highest BCUT2D eigenvalue weighted by Gasteiger charge is 2.36. The minimum absolute atomic E-state index is 0.128. The van der Waals surface area contributed by atoms with Crippen molar-refractivity contribution in [3.05, 3.63) is 47.3 Å². The van der Waals surface area contributed by atoms with Crippen LogP contribution in [0.4, 0.5) is 0 Å². The minimum atomic E-state index is -1.39. The Bertz CT molecular complexity index is 611. The van der Waals surface area contributed by atoms with Crippen LogP contribution in [0.1, 0.15) is 39.6 Å². The molecule has 0 saturated carbocycles. The fraction of sp³-hybridized carbons (Fsp3) is 0.333. The second-order valence-electron chi connectivity index (χ2n) is 4.79. The van der Waals surface area contributed by atoms with Gasteiger partial charge in [0.15, 0.2) is 11.5 Å². The maximum absolute atomic E-state index is 12.4. The van der Waals surface area contributed by atoms with Crippen LogP contribution in [0.3, 0.4) is 0 Å². The Morgan fingerprint density at radius 3 is 1.64 bits per heavy atom. The third-order valence-electron chi connectivity index (χ3n) is 3.17. The molecular formula is C15H16O7. The van der Waals surface area contributed by atoms with Gasteiger partial charge >= 0.3 is 0 Å². The van der Waals surface area contributed by atoms with Gasteiger partial charge in [-0.05, 0) is 31.2 Å². The zero-order valence-electron chi connectivity index (χ0n) is 11.9.